The zero-order valence-corrected chi connectivity index (χ0v) is 13.5. The summed E-state index contributed by atoms with van der Waals surface area (Å²) in [6, 6.07) is 14.6. The molecular formula is C18H22N2O3. The molecule has 2 rings (SSSR count). The van der Waals surface area contributed by atoms with Crippen LogP contribution in [0, 0.1) is 0 Å². The van der Waals surface area contributed by atoms with E-state index in [0.717, 1.165) is 11.1 Å². The van der Waals surface area contributed by atoms with E-state index in [1.54, 1.807) is 25.2 Å². The van der Waals surface area contributed by atoms with Gasteiger partial charge < -0.3 is 20.1 Å². The number of para-hydroxylation sites is 1. The van der Waals surface area contributed by atoms with E-state index in [2.05, 4.69) is 5.32 Å². The van der Waals surface area contributed by atoms with Crippen LogP contribution in [0.15, 0.2) is 48.5 Å². The minimum atomic E-state index is -0.369. The molecule has 0 fully saturated rings. The van der Waals surface area contributed by atoms with Gasteiger partial charge in [-0.3, -0.25) is 0 Å². The van der Waals surface area contributed by atoms with E-state index in [1.807, 2.05) is 37.3 Å². The number of ether oxygens (including phenoxy) is 1. The van der Waals surface area contributed by atoms with Crippen molar-refractivity contribution >= 4 is 6.09 Å². The standard InChI is InChI=1S/C18H22N2O3/c1-3-20(2)18(22)23-16-9-6-7-14(11-16)12-19-13-15-8-4-5-10-17(15)21/h4-11,19,21H,3,12-13H2,1-2H3. The molecule has 5 nitrogen and oxygen atoms in total. The van der Waals surface area contributed by atoms with Crippen LogP contribution in [0.25, 0.3) is 0 Å². The van der Waals surface area contributed by atoms with Crippen LogP contribution in [0.4, 0.5) is 4.79 Å². The summed E-state index contributed by atoms with van der Waals surface area (Å²) < 4.78 is 5.31. The van der Waals surface area contributed by atoms with E-state index < -0.39 is 0 Å². The maximum Gasteiger partial charge on any atom is 0.414 e. The van der Waals surface area contributed by atoms with Gasteiger partial charge in [-0.15, -0.1) is 0 Å². The summed E-state index contributed by atoms with van der Waals surface area (Å²) in [5.41, 5.74) is 1.85. The molecule has 0 heterocycles. The van der Waals surface area contributed by atoms with Crippen LogP contribution in [-0.4, -0.2) is 29.7 Å². The molecule has 0 aliphatic heterocycles. The number of hydrogen-bond acceptors (Lipinski definition) is 4. The average Bonchev–Trinajstić information content (AvgIpc) is 2.56. The molecule has 23 heavy (non-hydrogen) atoms. The molecular weight excluding hydrogens is 292 g/mol. The molecule has 0 radical (unpaired) electrons. The van der Waals surface area contributed by atoms with Gasteiger partial charge in [-0.2, -0.15) is 0 Å². The van der Waals surface area contributed by atoms with Gasteiger partial charge in [0.2, 0.25) is 0 Å². The Morgan fingerprint density at radius 3 is 2.70 bits per heavy atom. The molecule has 0 unspecified atom stereocenters. The van der Waals surface area contributed by atoms with Crippen LogP contribution in [0.3, 0.4) is 0 Å². The van der Waals surface area contributed by atoms with Crippen molar-refractivity contribution in [1.29, 1.82) is 0 Å². The first-order chi connectivity index (χ1) is 11.1. The number of carbonyl (C=O) groups is 1. The summed E-state index contributed by atoms with van der Waals surface area (Å²) in [6.07, 6.45) is -0.369. The zero-order valence-electron chi connectivity index (χ0n) is 13.5. The van der Waals surface area contributed by atoms with Crippen molar-refractivity contribution in [1.82, 2.24) is 10.2 Å². The molecule has 1 amide bonds. The number of hydrogen-bond donors (Lipinski definition) is 2. The van der Waals surface area contributed by atoms with Crippen LogP contribution < -0.4 is 10.1 Å². The minimum Gasteiger partial charge on any atom is -0.508 e. The second kappa shape index (κ2) is 8.19. The number of carbonyl (C=O) groups excluding carboxylic acids is 1. The number of aromatic hydroxyl groups is 1. The molecule has 0 bridgehead atoms. The van der Waals surface area contributed by atoms with Crippen LogP contribution in [-0.2, 0) is 13.1 Å². The first-order valence-electron chi connectivity index (χ1n) is 7.59. The monoisotopic (exact) mass is 314 g/mol. The molecule has 2 N–H and O–H groups in total. The topological polar surface area (TPSA) is 61.8 Å². The Morgan fingerprint density at radius 2 is 1.96 bits per heavy atom. The summed E-state index contributed by atoms with van der Waals surface area (Å²) in [7, 11) is 1.69. The van der Waals surface area contributed by atoms with E-state index in [1.165, 1.54) is 4.90 Å². The normalized spacial score (nSPS) is 10.3. The Morgan fingerprint density at radius 1 is 1.17 bits per heavy atom. The van der Waals surface area contributed by atoms with Gasteiger partial charge >= 0.3 is 6.09 Å². The van der Waals surface area contributed by atoms with Crippen molar-refractivity contribution in [3.8, 4) is 11.5 Å². The summed E-state index contributed by atoms with van der Waals surface area (Å²) in [6.45, 7) is 3.67. The smallest absolute Gasteiger partial charge is 0.414 e. The number of phenolic OH excluding ortho intramolecular Hbond substituents is 1. The van der Waals surface area contributed by atoms with Gasteiger partial charge in [0.15, 0.2) is 0 Å². The molecule has 0 aromatic heterocycles. The van der Waals surface area contributed by atoms with Gasteiger partial charge in [-0.1, -0.05) is 30.3 Å². The summed E-state index contributed by atoms with van der Waals surface area (Å²) in [5.74, 6) is 0.808. The molecule has 0 saturated carbocycles. The van der Waals surface area contributed by atoms with Crippen LogP contribution in [0.5, 0.6) is 11.5 Å². The Bertz CT molecular complexity index is 658. The predicted molar refractivity (Wildman–Crippen MR) is 89.4 cm³/mol. The first-order valence-corrected chi connectivity index (χ1v) is 7.59. The summed E-state index contributed by atoms with van der Waals surface area (Å²) in [4.78, 5) is 13.3. The maximum absolute atomic E-state index is 11.8. The zero-order chi connectivity index (χ0) is 16.7. The fraction of sp³-hybridized carbons (Fsp3) is 0.278. The lowest BCUT2D eigenvalue weighted by Crippen LogP contribution is -2.29. The minimum absolute atomic E-state index is 0.283. The van der Waals surface area contributed by atoms with Crippen molar-refractivity contribution in [2.45, 2.75) is 20.0 Å². The van der Waals surface area contributed by atoms with E-state index in [-0.39, 0.29) is 11.8 Å². The van der Waals surface area contributed by atoms with Crippen molar-refractivity contribution in [2.24, 2.45) is 0 Å². The fourth-order valence-corrected chi connectivity index (χ4v) is 2.03. The average molecular weight is 314 g/mol. The van der Waals surface area contributed by atoms with E-state index in [9.17, 15) is 9.90 Å². The molecule has 0 spiro atoms. The third kappa shape index (κ3) is 5.00. The van der Waals surface area contributed by atoms with E-state index >= 15 is 0 Å². The Kier molecular flexibility index (Phi) is 6.00. The number of amides is 1. The lowest BCUT2D eigenvalue weighted by Gasteiger charge is -2.14. The van der Waals surface area contributed by atoms with Crippen molar-refractivity contribution in [2.75, 3.05) is 13.6 Å². The lowest BCUT2D eigenvalue weighted by molar-refractivity contribution is 0.165. The van der Waals surface area contributed by atoms with E-state index in [0.29, 0.717) is 25.4 Å². The van der Waals surface area contributed by atoms with Crippen molar-refractivity contribution < 1.29 is 14.6 Å². The Hall–Kier alpha value is -2.53. The largest absolute Gasteiger partial charge is 0.508 e. The third-order valence-corrected chi connectivity index (χ3v) is 3.53. The van der Waals surface area contributed by atoms with Gasteiger partial charge in [-0.05, 0) is 30.7 Å². The quantitative estimate of drug-likeness (QED) is 0.860. The Balaban J connectivity index is 1.90. The van der Waals surface area contributed by atoms with Gasteiger partial charge in [0.25, 0.3) is 0 Å². The van der Waals surface area contributed by atoms with Gasteiger partial charge in [0.05, 0.1) is 0 Å². The fourth-order valence-electron chi connectivity index (χ4n) is 2.03. The van der Waals surface area contributed by atoms with Crippen molar-refractivity contribution in [3.63, 3.8) is 0 Å². The number of rotatable bonds is 6. The van der Waals surface area contributed by atoms with Gasteiger partial charge in [-0.25, -0.2) is 4.79 Å². The second-order valence-electron chi connectivity index (χ2n) is 5.26. The number of nitrogens with one attached hydrogen (secondary N) is 1. The highest BCUT2D eigenvalue weighted by Gasteiger charge is 2.09. The number of benzene rings is 2. The molecule has 122 valence electrons. The lowest BCUT2D eigenvalue weighted by atomic mass is 10.2. The SMILES string of the molecule is CCN(C)C(=O)Oc1cccc(CNCc2ccccc2O)c1. The molecule has 0 saturated heterocycles. The first kappa shape index (κ1) is 16.8. The predicted octanol–water partition coefficient (Wildman–Crippen LogP) is 3.13. The molecule has 2 aromatic carbocycles. The highest BCUT2D eigenvalue weighted by atomic mass is 16.6. The highest BCUT2D eigenvalue weighted by molar-refractivity contribution is 5.70. The Labute approximate surface area is 136 Å². The molecule has 5 heteroatoms. The third-order valence-electron chi connectivity index (χ3n) is 3.53. The molecule has 0 atom stereocenters. The maximum atomic E-state index is 11.8. The molecule has 0 aliphatic carbocycles. The van der Waals surface area contributed by atoms with Crippen LogP contribution in [0.1, 0.15) is 18.1 Å². The van der Waals surface area contributed by atoms with Crippen LogP contribution in [0.2, 0.25) is 0 Å². The highest BCUT2D eigenvalue weighted by Crippen LogP contribution is 2.16. The summed E-state index contributed by atoms with van der Waals surface area (Å²) in [5, 5.41) is 13.0. The molecule has 0 aliphatic rings. The van der Waals surface area contributed by atoms with Gasteiger partial charge in [0, 0.05) is 32.2 Å². The number of nitrogens with zero attached hydrogens (tertiary/aromatic N) is 1. The second-order valence-corrected chi connectivity index (χ2v) is 5.26. The summed E-state index contributed by atoms with van der Waals surface area (Å²) >= 11 is 0. The molecule has 2 aromatic rings. The van der Waals surface area contributed by atoms with Crippen LogP contribution >= 0.6 is 0 Å². The van der Waals surface area contributed by atoms with Gasteiger partial charge in [0.1, 0.15) is 11.5 Å². The number of phenols is 1. The van der Waals surface area contributed by atoms with E-state index in [4.69, 9.17) is 4.74 Å². The van der Waals surface area contributed by atoms with Crippen molar-refractivity contribution in [3.05, 3.63) is 59.7 Å².